The molecule has 2 rings (SSSR count). The van der Waals surface area contributed by atoms with E-state index in [2.05, 4.69) is 5.32 Å². The van der Waals surface area contributed by atoms with Crippen molar-refractivity contribution in [1.82, 2.24) is 10.2 Å². The summed E-state index contributed by atoms with van der Waals surface area (Å²) in [7, 11) is 0. The summed E-state index contributed by atoms with van der Waals surface area (Å²) in [5.74, 6) is 0.283. The van der Waals surface area contributed by atoms with E-state index >= 15 is 0 Å². The molecule has 0 saturated carbocycles. The standard InChI is InChI=1S/C18H26N4O2/c1-12(2)10-16(23)22-9-3-4-15(22)18(24)21-11-13-5-7-14(8-6-13)17(19)20/h5-8,12,15H,3-4,9-11H2,1-2H3,(H3,19,20)(H,21,24)/t15-/m0/s1. The van der Waals surface area contributed by atoms with Gasteiger partial charge in [-0.2, -0.15) is 0 Å². The summed E-state index contributed by atoms with van der Waals surface area (Å²) in [6.45, 7) is 5.08. The molecule has 24 heavy (non-hydrogen) atoms. The molecule has 0 spiro atoms. The summed E-state index contributed by atoms with van der Waals surface area (Å²) in [6.07, 6.45) is 2.07. The van der Waals surface area contributed by atoms with Gasteiger partial charge in [0.1, 0.15) is 11.9 Å². The van der Waals surface area contributed by atoms with E-state index in [-0.39, 0.29) is 23.7 Å². The number of carbonyl (C=O) groups is 2. The van der Waals surface area contributed by atoms with Crippen LogP contribution in [0.4, 0.5) is 0 Å². The molecule has 2 amide bonds. The number of nitrogens with one attached hydrogen (secondary N) is 2. The van der Waals surface area contributed by atoms with Gasteiger partial charge in [0.25, 0.3) is 0 Å². The fraction of sp³-hybridized carbons (Fsp3) is 0.500. The fourth-order valence-electron chi connectivity index (χ4n) is 2.91. The molecule has 0 aliphatic carbocycles. The molecule has 1 aromatic rings. The van der Waals surface area contributed by atoms with Crippen molar-refractivity contribution in [3.8, 4) is 0 Å². The van der Waals surface area contributed by atoms with Gasteiger partial charge in [-0.1, -0.05) is 38.1 Å². The van der Waals surface area contributed by atoms with Crippen LogP contribution in [-0.4, -0.2) is 35.1 Å². The number of benzene rings is 1. The zero-order chi connectivity index (χ0) is 17.7. The highest BCUT2D eigenvalue weighted by Gasteiger charge is 2.33. The molecule has 0 bridgehead atoms. The molecule has 1 saturated heterocycles. The van der Waals surface area contributed by atoms with Crippen LogP contribution in [0, 0.1) is 11.3 Å². The molecular formula is C18H26N4O2. The number of nitrogens with zero attached hydrogens (tertiary/aromatic N) is 1. The van der Waals surface area contributed by atoms with Crippen LogP contribution in [0.15, 0.2) is 24.3 Å². The minimum atomic E-state index is -0.354. The smallest absolute Gasteiger partial charge is 0.243 e. The number of rotatable bonds is 6. The highest BCUT2D eigenvalue weighted by Crippen LogP contribution is 2.20. The van der Waals surface area contributed by atoms with Crippen molar-refractivity contribution in [3.05, 3.63) is 35.4 Å². The van der Waals surface area contributed by atoms with Crippen LogP contribution in [0.1, 0.15) is 44.2 Å². The molecular weight excluding hydrogens is 304 g/mol. The highest BCUT2D eigenvalue weighted by atomic mass is 16.2. The largest absolute Gasteiger partial charge is 0.384 e. The Hall–Kier alpha value is -2.37. The lowest BCUT2D eigenvalue weighted by molar-refractivity contribution is -0.139. The van der Waals surface area contributed by atoms with E-state index in [1.165, 1.54) is 0 Å². The number of hydrogen-bond acceptors (Lipinski definition) is 3. The van der Waals surface area contributed by atoms with Crippen molar-refractivity contribution in [2.45, 2.75) is 45.7 Å². The van der Waals surface area contributed by atoms with E-state index in [1.807, 2.05) is 26.0 Å². The van der Waals surface area contributed by atoms with Gasteiger partial charge in [0.05, 0.1) is 0 Å². The average Bonchev–Trinajstić information content (AvgIpc) is 3.02. The molecule has 0 aromatic heterocycles. The lowest BCUT2D eigenvalue weighted by atomic mass is 10.1. The predicted molar refractivity (Wildman–Crippen MR) is 93.5 cm³/mol. The Bertz CT molecular complexity index is 610. The molecule has 130 valence electrons. The maximum absolute atomic E-state index is 12.4. The number of nitrogens with two attached hydrogens (primary N) is 1. The van der Waals surface area contributed by atoms with Crippen LogP contribution >= 0.6 is 0 Å². The Morgan fingerprint density at radius 1 is 1.33 bits per heavy atom. The topological polar surface area (TPSA) is 99.3 Å². The summed E-state index contributed by atoms with van der Waals surface area (Å²) < 4.78 is 0. The number of hydrogen-bond donors (Lipinski definition) is 3. The molecule has 1 fully saturated rings. The third-order valence-corrected chi connectivity index (χ3v) is 4.19. The summed E-state index contributed by atoms with van der Waals surface area (Å²) in [5, 5.41) is 10.3. The maximum atomic E-state index is 12.4. The van der Waals surface area contributed by atoms with E-state index in [1.54, 1.807) is 17.0 Å². The van der Waals surface area contributed by atoms with Crippen molar-refractivity contribution in [3.63, 3.8) is 0 Å². The maximum Gasteiger partial charge on any atom is 0.243 e. The van der Waals surface area contributed by atoms with Crippen molar-refractivity contribution < 1.29 is 9.59 Å². The minimum Gasteiger partial charge on any atom is -0.384 e. The van der Waals surface area contributed by atoms with Crippen LogP contribution in [0.3, 0.4) is 0 Å². The third-order valence-electron chi connectivity index (χ3n) is 4.19. The van der Waals surface area contributed by atoms with Gasteiger partial charge < -0.3 is 16.0 Å². The van der Waals surface area contributed by atoms with Gasteiger partial charge in [0, 0.05) is 25.1 Å². The Morgan fingerprint density at radius 3 is 2.58 bits per heavy atom. The van der Waals surface area contributed by atoms with Gasteiger partial charge in [0.2, 0.25) is 11.8 Å². The number of amidine groups is 1. The molecule has 0 radical (unpaired) electrons. The van der Waals surface area contributed by atoms with Crippen LogP contribution in [0.2, 0.25) is 0 Å². The second-order valence-corrected chi connectivity index (χ2v) is 6.67. The fourth-order valence-corrected chi connectivity index (χ4v) is 2.91. The van der Waals surface area contributed by atoms with Crippen LogP contribution in [-0.2, 0) is 16.1 Å². The molecule has 6 heteroatoms. The highest BCUT2D eigenvalue weighted by molar-refractivity contribution is 5.94. The molecule has 1 aliphatic heterocycles. The summed E-state index contributed by atoms with van der Waals surface area (Å²) >= 11 is 0. The van der Waals surface area contributed by atoms with E-state index in [0.717, 1.165) is 18.4 Å². The van der Waals surface area contributed by atoms with Gasteiger partial charge in [-0.15, -0.1) is 0 Å². The SMILES string of the molecule is CC(C)CC(=O)N1CCC[C@H]1C(=O)NCc1ccc(C(=N)N)cc1. The predicted octanol–water partition coefficient (Wildman–Crippen LogP) is 1.62. The van der Waals surface area contributed by atoms with Gasteiger partial charge in [0.15, 0.2) is 0 Å². The molecule has 1 aromatic carbocycles. The molecule has 0 unspecified atom stereocenters. The lowest BCUT2D eigenvalue weighted by Crippen LogP contribution is -2.46. The lowest BCUT2D eigenvalue weighted by Gasteiger charge is -2.24. The Morgan fingerprint density at radius 2 is 2.00 bits per heavy atom. The normalized spacial score (nSPS) is 17.1. The Labute approximate surface area is 142 Å². The quantitative estimate of drug-likeness (QED) is 0.546. The summed E-state index contributed by atoms with van der Waals surface area (Å²) in [6, 6.07) is 6.85. The Kier molecular flexibility index (Phi) is 5.95. The van der Waals surface area contributed by atoms with Crippen molar-refractivity contribution in [2.75, 3.05) is 6.54 Å². The number of likely N-dealkylation sites (tertiary alicyclic amines) is 1. The molecule has 1 aliphatic rings. The number of amides is 2. The minimum absolute atomic E-state index is 0.0239. The summed E-state index contributed by atoms with van der Waals surface area (Å²) in [4.78, 5) is 26.4. The molecule has 6 nitrogen and oxygen atoms in total. The second-order valence-electron chi connectivity index (χ2n) is 6.67. The van der Waals surface area contributed by atoms with Crippen molar-refractivity contribution >= 4 is 17.6 Å². The monoisotopic (exact) mass is 330 g/mol. The van der Waals surface area contributed by atoms with Crippen LogP contribution < -0.4 is 11.1 Å². The number of carbonyl (C=O) groups excluding carboxylic acids is 2. The van der Waals surface area contributed by atoms with E-state index in [4.69, 9.17) is 11.1 Å². The Balaban J connectivity index is 1.91. The third kappa shape index (κ3) is 4.57. The van der Waals surface area contributed by atoms with Crippen molar-refractivity contribution in [2.24, 2.45) is 11.7 Å². The first-order chi connectivity index (χ1) is 11.4. The van der Waals surface area contributed by atoms with E-state index in [0.29, 0.717) is 31.0 Å². The molecule has 4 N–H and O–H groups in total. The first-order valence-electron chi connectivity index (χ1n) is 8.39. The van der Waals surface area contributed by atoms with Gasteiger partial charge in [-0.3, -0.25) is 15.0 Å². The zero-order valence-electron chi connectivity index (χ0n) is 14.3. The van der Waals surface area contributed by atoms with Gasteiger partial charge in [-0.05, 0) is 24.3 Å². The van der Waals surface area contributed by atoms with Crippen molar-refractivity contribution in [1.29, 1.82) is 5.41 Å². The average molecular weight is 330 g/mol. The van der Waals surface area contributed by atoms with E-state index < -0.39 is 0 Å². The van der Waals surface area contributed by atoms with Crippen LogP contribution in [0.5, 0.6) is 0 Å². The summed E-state index contributed by atoms with van der Waals surface area (Å²) in [5.41, 5.74) is 7.02. The molecule has 1 atom stereocenters. The second kappa shape index (κ2) is 7.95. The van der Waals surface area contributed by atoms with E-state index in [9.17, 15) is 9.59 Å². The first-order valence-corrected chi connectivity index (χ1v) is 8.39. The zero-order valence-corrected chi connectivity index (χ0v) is 14.3. The van der Waals surface area contributed by atoms with Crippen LogP contribution in [0.25, 0.3) is 0 Å². The number of nitrogen functional groups attached to an aromatic ring is 1. The first kappa shape index (κ1) is 18.0. The van der Waals surface area contributed by atoms with Gasteiger partial charge >= 0.3 is 0 Å². The molecule has 1 heterocycles. The van der Waals surface area contributed by atoms with Gasteiger partial charge in [-0.25, -0.2) is 0 Å².